The van der Waals surface area contributed by atoms with Crippen LogP contribution in [0.4, 0.5) is 0 Å². The first-order valence-corrected chi connectivity index (χ1v) is 3.66. The molecule has 76 valence electrons. The quantitative estimate of drug-likeness (QED) is 0.444. The molecule has 0 fully saturated rings. The van der Waals surface area contributed by atoms with Gasteiger partial charge in [0.2, 0.25) is 0 Å². The Balaban J connectivity index is 2.40. The second-order valence-electron chi connectivity index (χ2n) is 2.42. The Labute approximate surface area is 77.9 Å². The van der Waals surface area contributed by atoms with Crippen molar-refractivity contribution in [2.24, 2.45) is 0 Å². The van der Waals surface area contributed by atoms with Gasteiger partial charge in [-0.3, -0.25) is 4.79 Å². The van der Waals surface area contributed by atoms with E-state index in [0.717, 1.165) is 0 Å². The minimum Gasteiger partial charge on any atom is -0.479 e. The highest BCUT2D eigenvalue weighted by Gasteiger charge is 2.15. The highest BCUT2D eigenvalue weighted by molar-refractivity contribution is 5.92. The summed E-state index contributed by atoms with van der Waals surface area (Å²) in [5.41, 5.74) is 0.0302. The molecule has 0 aliphatic carbocycles. The van der Waals surface area contributed by atoms with Crippen molar-refractivity contribution in [1.29, 1.82) is 0 Å². The van der Waals surface area contributed by atoms with Gasteiger partial charge in [-0.25, -0.2) is 4.79 Å². The number of carbonyl (C=O) groups is 2. The molecule has 0 radical (unpaired) electrons. The van der Waals surface area contributed by atoms with E-state index in [9.17, 15) is 9.59 Å². The third kappa shape index (κ3) is 2.52. The van der Waals surface area contributed by atoms with Gasteiger partial charge >= 0.3 is 5.97 Å². The number of carbonyl (C=O) groups excluding carboxylic acids is 1. The lowest BCUT2D eigenvalue weighted by Crippen LogP contribution is -2.36. The maximum absolute atomic E-state index is 11.1. The van der Waals surface area contributed by atoms with Crippen LogP contribution >= 0.6 is 0 Å². The first-order chi connectivity index (χ1) is 6.61. The average molecular weight is 200 g/mol. The maximum atomic E-state index is 11.1. The molecule has 0 unspecified atom stereocenters. The smallest absolute Gasteiger partial charge is 0.334 e. The molecule has 1 atom stereocenters. The van der Waals surface area contributed by atoms with E-state index in [2.05, 4.69) is 20.7 Å². The van der Waals surface area contributed by atoms with E-state index in [0.29, 0.717) is 0 Å². The van der Waals surface area contributed by atoms with Crippen LogP contribution in [-0.4, -0.2) is 50.1 Å². The van der Waals surface area contributed by atoms with Crippen LogP contribution in [0.5, 0.6) is 0 Å². The van der Waals surface area contributed by atoms with Crippen molar-refractivity contribution < 1.29 is 19.8 Å². The van der Waals surface area contributed by atoms with Crippen LogP contribution in [0.15, 0.2) is 6.20 Å². The zero-order valence-corrected chi connectivity index (χ0v) is 6.97. The second kappa shape index (κ2) is 4.33. The summed E-state index contributed by atoms with van der Waals surface area (Å²) in [5, 5.41) is 28.4. The molecule has 8 heteroatoms. The molecule has 0 saturated carbocycles. The molecule has 0 aliphatic rings. The third-order valence-corrected chi connectivity index (χ3v) is 1.39. The van der Waals surface area contributed by atoms with Crippen molar-refractivity contribution in [3.05, 3.63) is 11.9 Å². The number of carboxylic acid groups (broad SMARTS) is 1. The molecule has 1 aromatic heterocycles. The van der Waals surface area contributed by atoms with Gasteiger partial charge in [-0.1, -0.05) is 0 Å². The number of hydrogen-bond acceptors (Lipinski definition) is 5. The molecule has 1 rings (SSSR count). The van der Waals surface area contributed by atoms with Gasteiger partial charge in [0.1, 0.15) is 0 Å². The number of aromatic nitrogens is 3. The number of nitrogens with zero attached hydrogens (tertiary/aromatic N) is 2. The Morgan fingerprint density at radius 1 is 1.64 bits per heavy atom. The molecular formula is C6H8N4O4. The molecule has 0 aliphatic heterocycles. The summed E-state index contributed by atoms with van der Waals surface area (Å²) in [4.78, 5) is 21.3. The van der Waals surface area contributed by atoms with Crippen LogP contribution in [0, 0.1) is 0 Å². The summed E-state index contributed by atoms with van der Waals surface area (Å²) < 4.78 is 0. The molecule has 1 aromatic rings. The summed E-state index contributed by atoms with van der Waals surface area (Å²) in [6, 6.07) is 0. The monoisotopic (exact) mass is 200 g/mol. The van der Waals surface area contributed by atoms with Gasteiger partial charge in [0.25, 0.3) is 5.91 Å². The van der Waals surface area contributed by atoms with Gasteiger partial charge in [-0.05, 0) is 0 Å². The number of aliphatic hydroxyl groups excluding tert-OH is 1. The van der Waals surface area contributed by atoms with Crippen LogP contribution in [0.3, 0.4) is 0 Å². The molecule has 0 aromatic carbocycles. The van der Waals surface area contributed by atoms with Crippen molar-refractivity contribution in [2.75, 3.05) is 6.54 Å². The number of aromatic amines is 1. The fourth-order valence-corrected chi connectivity index (χ4v) is 0.678. The summed E-state index contributed by atoms with van der Waals surface area (Å²) in [6.45, 7) is -0.374. The minimum atomic E-state index is -1.62. The van der Waals surface area contributed by atoms with Crippen molar-refractivity contribution >= 4 is 11.9 Å². The van der Waals surface area contributed by atoms with Crippen LogP contribution in [0.2, 0.25) is 0 Å². The first-order valence-electron chi connectivity index (χ1n) is 3.66. The van der Waals surface area contributed by atoms with Gasteiger partial charge in [0, 0.05) is 0 Å². The number of hydrogen-bond donors (Lipinski definition) is 4. The summed E-state index contributed by atoms with van der Waals surface area (Å²) in [7, 11) is 0. The molecule has 4 N–H and O–H groups in total. The number of carboxylic acids is 1. The molecule has 0 saturated heterocycles. The molecular weight excluding hydrogens is 192 g/mol. The van der Waals surface area contributed by atoms with Crippen molar-refractivity contribution in [3.63, 3.8) is 0 Å². The summed E-state index contributed by atoms with van der Waals surface area (Å²) >= 11 is 0. The molecule has 1 amide bonds. The first kappa shape index (κ1) is 10.1. The fourth-order valence-electron chi connectivity index (χ4n) is 0.678. The van der Waals surface area contributed by atoms with Crippen LogP contribution < -0.4 is 5.32 Å². The van der Waals surface area contributed by atoms with Gasteiger partial charge in [0.15, 0.2) is 11.8 Å². The Hall–Kier alpha value is -1.96. The largest absolute Gasteiger partial charge is 0.479 e. The van der Waals surface area contributed by atoms with E-state index in [4.69, 9.17) is 10.2 Å². The molecule has 1 heterocycles. The van der Waals surface area contributed by atoms with Gasteiger partial charge in [-0.15, -0.1) is 0 Å². The van der Waals surface area contributed by atoms with Crippen molar-refractivity contribution in [2.45, 2.75) is 6.10 Å². The van der Waals surface area contributed by atoms with Crippen LogP contribution in [0.25, 0.3) is 0 Å². The number of rotatable bonds is 4. The maximum Gasteiger partial charge on any atom is 0.334 e. The summed E-state index contributed by atoms with van der Waals surface area (Å²) in [6.07, 6.45) is -0.437. The highest BCUT2D eigenvalue weighted by Crippen LogP contribution is 1.88. The van der Waals surface area contributed by atoms with E-state index in [1.807, 2.05) is 0 Å². The van der Waals surface area contributed by atoms with E-state index < -0.39 is 18.0 Å². The Bertz CT molecular complexity index is 323. The van der Waals surface area contributed by atoms with E-state index in [-0.39, 0.29) is 12.2 Å². The molecule has 14 heavy (non-hydrogen) atoms. The Morgan fingerprint density at radius 3 is 2.86 bits per heavy atom. The van der Waals surface area contributed by atoms with Gasteiger partial charge < -0.3 is 15.5 Å². The standard InChI is InChI=1S/C6H8N4O4/c11-4(6(13)14)2-7-5(12)3-1-8-10-9-3/h1,4,11H,2H2,(H,7,12)(H,13,14)(H,8,9,10)/t4-/m0/s1. The zero-order valence-electron chi connectivity index (χ0n) is 6.97. The van der Waals surface area contributed by atoms with Crippen molar-refractivity contribution in [1.82, 2.24) is 20.7 Å². The Kier molecular flexibility index (Phi) is 3.13. The van der Waals surface area contributed by atoms with Crippen molar-refractivity contribution in [3.8, 4) is 0 Å². The van der Waals surface area contributed by atoms with E-state index >= 15 is 0 Å². The predicted molar refractivity (Wildman–Crippen MR) is 42.4 cm³/mol. The minimum absolute atomic E-state index is 0.0302. The normalized spacial score (nSPS) is 12.1. The fraction of sp³-hybridized carbons (Fsp3) is 0.333. The summed E-state index contributed by atoms with van der Waals surface area (Å²) in [5.74, 6) is -2.00. The van der Waals surface area contributed by atoms with E-state index in [1.54, 1.807) is 0 Å². The molecule has 0 spiro atoms. The third-order valence-electron chi connectivity index (χ3n) is 1.39. The lowest BCUT2D eigenvalue weighted by molar-refractivity contribution is -0.146. The topological polar surface area (TPSA) is 128 Å². The lowest BCUT2D eigenvalue weighted by Gasteiger charge is -2.05. The number of aliphatic carboxylic acids is 1. The van der Waals surface area contributed by atoms with Crippen LogP contribution in [-0.2, 0) is 4.79 Å². The average Bonchev–Trinajstić information content (AvgIpc) is 2.66. The number of nitrogens with one attached hydrogen (secondary N) is 2. The molecule has 8 nitrogen and oxygen atoms in total. The van der Waals surface area contributed by atoms with Gasteiger partial charge in [0.05, 0.1) is 12.7 Å². The highest BCUT2D eigenvalue weighted by atomic mass is 16.4. The van der Waals surface area contributed by atoms with E-state index in [1.165, 1.54) is 6.20 Å². The SMILES string of the molecule is O=C(NC[C@H](O)C(=O)O)c1cn[nH]n1. The predicted octanol–water partition coefficient (Wildman–Crippen LogP) is -2.02. The number of H-pyrrole nitrogens is 1. The number of aliphatic hydroxyl groups is 1. The zero-order chi connectivity index (χ0) is 10.6. The number of amides is 1. The molecule has 0 bridgehead atoms. The lowest BCUT2D eigenvalue weighted by atomic mass is 10.3. The van der Waals surface area contributed by atoms with Crippen LogP contribution in [0.1, 0.15) is 10.5 Å². The second-order valence-corrected chi connectivity index (χ2v) is 2.42. The van der Waals surface area contributed by atoms with Gasteiger partial charge in [-0.2, -0.15) is 15.4 Å². The Morgan fingerprint density at radius 2 is 2.36 bits per heavy atom.